The topological polar surface area (TPSA) is 84.2 Å². The molecular weight excluding hydrogens is 274 g/mol. The molecule has 0 aliphatic rings. The number of nitrogens with one attached hydrogen (secondary N) is 2. The van der Waals surface area contributed by atoms with E-state index in [2.05, 4.69) is 10.6 Å². The van der Waals surface area contributed by atoms with Gasteiger partial charge in [0.1, 0.15) is 4.88 Å². The quantitative estimate of drug-likeness (QED) is 0.777. The number of carbonyl (C=O) groups is 2. The lowest BCUT2D eigenvalue weighted by Crippen LogP contribution is -2.36. The minimum Gasteiger partial charge on any atom is -0.397 e. The SMILES string of the molecule is Nc1ccsc1C(=O)NCC(=O)NCc1ccccc1. The van der Waals surface area contributed by atoms with Gasteiger partial charge >= 0.3 is 0 Å². The number of amides is 2. The summed E-state index contributed by atoms with van der Waals surface area (Å²) in [6.45, 7) is 0.375. The van der Waals surface area contributed by atoms with Crippen LogP contribution in [0.5, 0.6) is 0 Å². The Balaban J connectivity index is 1.75. The van der Waals surface area contributed by atoms with Crippen LogP contribution in [0, 0.1) is 0 Å². The van der Waals surface area contributed by atoms with Crippen molar-refractivity contribution in [2.75, 3.05) is 12.3 Å². The molecule has 6 heteroatoms. The second kappa shape index (κ2) is 6.72. The van der Waals surface area contributed by atoms with Crippen molar-refractivity contribution in [2.45, 2.75) is 6.54 Å². The van der Waals surface area contributed by atoms with E-state index < -0.39 is 0 Å². The second-order valence-corrected chi connectivity index (χ2v) is 5.07. The summed E-state index contributed by atoms with van der Waals surface area (Å²) in [6.07, 6.45) is 0. The number of thiophene rings is 1. The van der Waals surface area contributed by atoms with Crippen molar-refractivity contribution in [1.29, 1.82) is 0 Å². The van der Waals surface area contributed by atoms with E-state index in [1.165, 1.54) is 11.3 Å². The summed E-state index contributed by atoms with van der Waals surface area (Å²) in [5.74, 6) is -0.565. The average molecular weight is 289 g/mol. The molecule has 0 saturated carbocycles. The highest BCUT2D eigenvalue weighted by Gasteiger charge is 2.12. The Labute approximate surface area is 120 Å². The van der Waals surface area contributed by atoms with Crippen LogP contribution in [0.1, 0.15) is 15.2 Å². The van der Waals surface area contributed by atoms with Gasteiger partial charge in [-0.25, -0.2) is 0 Å². The standard InChI is InChI=1S/C14H15N3O2S/c15-11-6-7-20-13(11)14(19)17-9-12(18)16-8-10-4-2-1-3-5-10/h1-7H,8-9,15H2,(H,16,18)(H,17,19). The number of carbonyl (C=O) groups excluding carboxylic acids is 2. The lowest BCUT2D eigenvalue weighted by Gasteiger charge is -2.06. The van der Waals surface area contributed by atoms with E-state index >= 15 is 0 Å². The maximum atomic E-state index is 11.7. The normalized spacial score (nSPS) is 10.0. The maximum Gasteiger partial charge on any atom is 0.263 e. The fourth-order valence-corrected chi connectivity index (χ4v) is 2.34. The first kappa shape index (κ1) is 14.1. The Morgan fingerprint density at radius 3 is 2.50 bits per heavy atom. The molecule has 1 aromatic heterocycles. The molecule has 0 unspecified atom stereocenters. The molecule has 1 heterocycles. The van der Waals surface area contributed by atoms with Gasteiger partial charge in [0.25, 0.3) is 5.91 Å². The first-order valence-electron chi connectivity index (χ1n) is 6.08. The smallest absolute Gasteiger partial charge is 0.263 e. The van der Waals surface area contributed by atoms with E-state index in [4.69, 9.17) is 5.73 Å². The summed E-state index contributed by atoms with van der Waals surface area (Å²) in [5.41, 5.74) is 7.07. The van der Waals surface area contributed by atoms with Gasteiger partial charge < -0.3 is 16.4 Å². The predicted molar refractivity (Wildman–Crippen MR) is 79.4 cm³/mol. The van der Waals surface area contributed by atoms with Crippen molar-refractivity contribution in [3.8, 4) is 0 Å². The summed E-state index contributed by atoms with van der Waals surface area (Å²) >= 11 is 1.25. The lowest BCUT2D eigenvalue weighted by molar-refractivity contribution is -0.120. The van der Waals surface area contributed by atoms with Crippen LogP contribution >= 0.6 is 11.3 Å². The van der Waals surface area contributed by atoms with Crippen molar-refractivity contribution in [3.05, 3.63) is 52.2 Å². The molecule has 0 radical (unpaired) electrons. The molecule has 0 spiro atoms. The van der Waals surface area contributed by atoms with Crippen LogP contribution in [0.3, 0.4) is 0 Å². The Hall–Kier alpha value is -2.34. The molecule has 4 N–H and O–H groups in total. The summed E-state index contributed by atoms with van der Waals surface area (Å²) in [7, 11) is 0. The third-order valence-electron chi connectivity index (χ3n) is 2.64. The van der Waals surface area contributed by atoms with Gasteiger partial charge in [0.2, 0.25) is 5.91 Å². The van der Waals surface area contributed by atoms with Gasteiger partial charge in [-0.1, -0.05) is 30.3 Å². The van der Waals surface area contributed by atoms with Gasteiger partial charge in [-0.15, -0.1) is 11.3 Å². The Morgan fingerprint density at radius 2 is 1.85 bits per heavy atom. The van der Waals surface area contributed by atoms with E-state index in [-0.39, 0.29) is 18.4 Å². The molecule has 5 nitrogen and oxygen atoms in total. The average Bonchev–Trinajstić information content (AvgIpc) is 2.90. The predicted octanol–water partition coefficient (Wildman–Crippen LogP) is 1.38. The first-order chi connectivity index (χ1) is 9.66. The van der Waals surface area contributed by atoms with E-state index in [0.717, 1.165) is 5.56 Å². The van der Waals surface area contributed by atoms with Gasteiger partial charge in [0.15, 0.2) is 0 Å². The molecule has 0 bridgehead atoms. The number of rotatable bonds is 5. The summed E-state index contributed by atoms with van der Waals surface area (Å²) in [5, 5.41) is 7.01. The largest absolute Gasteiger partial charge is 0.397 e. The molecule has 0 aliphatic heterocycles. The Morgan fingerprint density at radius 1 is 1.10 bits per heavy atom. The van der Waals surface area contributed by atoms with Crippen LogP contribution in [0.2, 0.25) is 0 Å². The van der Waals surface area contributed by atoms with Crippen molar-refractivity contribution in [1.82, 2.24) is 10.6 Å². The second-order valence-electron chi connectivity index (χ2n) is 4.15. The van der Waals surface area contributed by atoms with Crippen LogP contribution in [0.25, 0.3) is 0 Å². The molecule has 2 aromatic rings. The molecule has 20 heavy (non-hydrogen) atoms. The zero-order chi connectivity index (χ0) is 14.4. The lowest BCUT2D eigenvalue weighted by atomic mass is 10.2. The van der Waals surface area contributed by atoms with E-state index in [9.17, 15) is 9.59 Å². The highest BCUT2D eigenvalue weighted by molar-refractivity contribution is 7.12. The van der Waals surface area contributed by atoms with Crippen LogP contribution in [0.15, 0.2) is 41.8 Å². The molecule has 0 saturated heterocycles. The van der Waals surface area contributed by atoms with E-state index in [1.54, 1.807) is 11.4 Å². The van der Waals surface area contributed by atoms with Gasteiger partial charge in [0.05, 0.1) is 12.2 Å². The van der Waals surface area contributed by atoms with E-state index in [0.29, 0.717) is 17.1 Å². The Bertz CT molecular complexity index is 595. The molecular formula is C14H15N3O2S. The van der Waals surface area contributed by atoms with Crippen molar-refractivity contribution >= 4 is 28.8 Å². The summed E-state index contributed by atoms with van der Waals surface area (Å²) in [4.78, 5) is 23.8. The van der Waals surface area contributed by atoms with Crippen molar-refractivity contribution in [2.24, 2.45) is 0 Å². The highest BCUT2D eigenvalue weighted by atomic mass is 32.1. The molecule has 0 fully saturated rings. The molecule has 1 aromatic carbocycles. The zero-order valence-electron chi connectivity index (χ0n) is 10.8. The molecule has 0 aliphatic carbocycles. The minimum absolute atomic E-state index is 0.0665. The number of hydrogen-bond acceptors (Lipinski definition) is 4. The highest BCUT2D eigenvalue weighted by Crippen LogP contribution is 2.17. The fourth-order valence-electron chi connectivity index (χ4n) is 1.60. The van der Waals surface area contributed by atoms with Crippen LogP contribution in [0.4, 0.5) is 5.69 Å². The Kier molecular flexibility index (Phi) is 4.73. The van der Waals surface area contributed by atoms with Crippen LogP contribution in [-0.2, 0) is 11.3 Å². The third-order valence-corrected chi connectivity index (χ3v) is 3.57. The molecule has 0 atom stereocenters. The number of nitrogens with two attached hydrogens (primary N) is 1. The van der Waals surface area contributed by atoms with Gasteiger partial charge in [-0.3, -0.25) is 9.59 Å². The zero-order valence-corrected chi connectivity index (χ0v) is 11.6. The van der Waals surface area contributed by atoms with Crippen molar-refractivity contribution < 1.29 is 9.59 Å². The van der Waals surface area contributed by atoms with E-state index in [1.807, 2.05) is 30.3 Å². The number of benzene rings is 1. The summed E-state index contributed by atoms with van der Waals surface area (Å²) < 4.78 is 0. The number of hydrogen-bond donors (Lipinski definition) is 3. The molecule has 2 rings (SSSR count). The first-order valence-corrected chi connectivity index (χ1v) is 6.96. The summed E-state index contributed by atoms with van der Waals surface area (Å²) in [6, 6.07) is 11.2. The van der Waals surface area contributed by atoms with Crippen LogP contribution < -0.4 is 16.4 Å². The third kappa shape index (κ3) is 3.83. The maximum absolute atomic E-state index is 11.7. The molecule has 2 amide bonds. The van der Waals surface area contributed by atoms with Crippen LogP contribution in [-0.4, -0.2) is 18.4 Å². The fraction of sp³-hybridized carbons (Fsp3) is 0.143. The van der Waals surface area contributed by atoms with Crippen molar-refractivity contribution in [3.63, 3.8) is 0 Å². The minimum atomic E-state index is -0.327. The number of nitrogen functional groups attached to an aromatic ring is 1. The monoisotopic (exact) mass is 289 g/mol. The number of anilines is 1. The van der Waals surface area contributed by atoms with Gasteiger partial charge in [0, 0.05) is 6.54 Å². The molecule has 104 valence electrons. The van der Waals surface area contributed by atoms with Gasteiger partial charge in [-0.05, 0) is 17.0 Å². The van der Waals surface area contributed by atoms with Gasteiger partial charge in [-0.2, -0.15) is 0 Å².